The second-order valence-electron chi connectivity index (χ2n) is 1.07. The maximum atomic E-state index is 5.63. The van der Waals surface area contributed by atoms with Crippen molar-refractivity contribution in [1.82, 2.24) is 0 Å². The molecule has 0 rings (SSSR count). The molecule has 0 atom stereocenters. The van der Waals surface area contributed by atoms with Gasteiger partial charge in [0.05, 0.1) is 0 Å². The molecule has 0 aliphatic rings. The van der Waals surface area contributed by atoms with Crippen molar-refractivity contribution in [2.24, 2.45) is 0 Å². The van der Waals surface area contributed by atoms with Crippen LogP contribution in [0.4, 0.5) is 0 Å². The SMILES string of the molecule is C[Si](Cl)=[Si](C)Cl. The first-order valence-electron chi connectivity index (χ1n) is 1.63. The molecule has 0 saturated carbocycles. The van der Waals surface area contributed by atoms with Crippen molar-refractivity contribution >= 4 is 36.6 Å². The van der Waals surface area contributed by atoms with Gasteiger partial charge in [0, 0.05) is 0 Å². The van der Waals surface area contributed by atoms with Crippen molar-refractivity contribution in [3.05, 3.63) is 0 Å². The molecule has 0 aromatic rings. The van der Waals surface area contributed by atoms with Crippen LogP contribution in [0.5, 0.6) is 0 Å². The zero-order valence-electron chi connectivity index (χ0n) is 3.76. The van der Waals surface area contributed by atoms with Crippen molar-refractivity contribution < 1.29 is 0 Å². The summed E-state index contributed by atoms with van der Waals surface area (Å²) in [4.78, 5) is 0. The second-order valence-corrected chi connectivity index (χ2v) is 13.0. The second kappa shape index (κ2) is 3.07. The van der Waals surface area contributed by atoms with E-state index in [2.05, 4.69) is 0 Å². The van der Waals surface area contributed by atoms with Gasteiger partial charge in [-0.3, -0.25) is 0 Å². The number of rotatable bonds is 0. The van der Waals surface area contributed by atoms with Crippen LogP contribution in [0.15, 0.2) is 0 Å². The molecule has 0 aliphatic carbocycles. The molecular formula is C2H6Cl2Si2. The molecule has 0 saturated heterocycles. The standard InChI is InChI=1S/C2H6Cl2Si2/c1-5(3)6(2)4/h1-2H3. The average molecular weight is 157 g/mol. The first kappa shape index (κ1) is 7.01. The van der Waals surface area contributed by atoms with E-state index in [-0.39, 0.29) is 0 Å². The highest BCUT2D eigenvalue weighted by Gasteiger charge is 1.85. The highest BCUT2D eigenvalue weighted by molar-refractivity contribution is 7.35. The third kappa shape index (κ3) is 3.21. The fourth-order valence-corrected chi connectivity index (χ4v) is 0. The zero-order chi connectivity index (χ0) is 5.15. The van der Waals surface area contributed by atoms with Crippen LogP contribution in [0, 0.1) is 0 Å². The van der Waals surface area contributed by atoms with Crippen LogP contribution in [0.25, 0.3) is 0 Å². The van der Waals surface area contributed by atoms with Crippen LogP contribution in [-0.2, 0) is 0 Å². The summed E-state index contributed by atoms with van der Waals surface area (Å²) < 4.78 is 0. The Morgan fingerprint density at radius 2 is 1.17 bits per heavy atom. The normalized spacial score (nSPS) is 14.0. The number of halogens is 2. The summed E-state index contributed by atoms with van der Waals surface area (Å²) in [7, 11) is -1.22. The summed E-state index contributed by atoms with van der Waals surface area (Å²) >= 11 is 11.3. The Kier molecular flexibility index (Phi) is 3.59. The zero-order valence-corrected chi connectivity index (χ0v) is 7.27. The van der Waals surface area contributed by atoms with Gasteiger partial charge >= 0.3 is 0 Å². The molecule has 36 valence electrons. The van der Waals surface area contributed by atoms with Crippen LogP contribution in [0.2, 0.25) is 13.1 Å². The monoisotopic (exact) mass is 156 g/mol. The lowest BCUT2D eigenvalue weighted by atomic mass is 11.9. The summed E-state index contributed by atoms with van der Waals surface area (Å²) in [6.07, 6.45) is 0. The number of hydrogen-bond donors (Lipinski definition) is 0. The summed E-state index contributed by atoms with van der Waals surface area (Å²) in [5.74, 6) is 0. The Morgan fingerprint density at radius 1 is 1.00 bits per heavy atom. The molecule has 0 aromatic carbocycles. The molecule has 0 unspecified atom stereocenters. The first-order valence-corrected chi connectivity index (χ1v) is 8.65. The van der Waals surface area contributed by atoms with Crippen LogP contribution < -0.4 is 0 Å². The Bertz CT molecular complexity index is 59.6. The Hall–Kier alpha value is 1.01. The van der Waals surface area contributed by atoms with Gasteiger partial charge in [-0.05, 0) is 13.1 Å². The summed E-state index contributed by atoms with van der Waals surface area (Å²) in [5.41, 5.74) is 0. The molecule has 0 amide bonds. The fraction of sp³-hybridized carbons (Fsp3) is 1.00. The maximum absolute atomic E-state index is 5.63. The quantitative estimate of drug-likeness (QED) is 0.371. The van der Waals surface area contributed by atoms with E-state index in [1.54, 1.807) is 0 Å². The van der Waals surface area contributed by atoms with Crippen molar-refractivity contribution in [3.63, 3.8) is 0 Å². The van der Waals surface area contributed by atoms with Gasteiger partial charge in [0.2, 0.25) is 0 Å². The van der Waals surface area contributed by atoms with Gasteiger partial charge in [0.15, 0.2) is 0 Å². The smallest absolute Gasteiger partial charge is 0.115 e. The maximum Gasteiger partial charge on any atom is 0.115 e. The highest BCUT2D eigenvalue weighted by Crippen LogP contribution is 1.83. The van der Waals surface area contributed by atoms with E-state index in [1.807, 2.05) is 13.1 Å². The molecule has 0 nitrogen and oxygen atoms in total. The van der Waals surface area contributed by atoms with Crippen molar-refractivity contribution in [1.29, 1.82) is 0 Å². The third-order valence-electron chi connectivity index (χ3n) is 0.475. The molecule has 0 fully saturated rings. The van der Waals surface area contributed by atoms with Crippen LogP contribution in [-0.4, -0.2) is 14.4 Å². The highest BCUT2D eigenvalue weighted by atomic mass is 35.6. The van der Waals surface area contributed by atoms with Gasteiger partial charge in [-0.25, -0.2) is 0 Å². The molecule has 0 aliphatic heterocycles. The molecule has 0 spiro atoms. The Balaban J connectivity index is 3.68. The van der Waals surface area contributed by atoms with Gasteiger partial charge in [0.1, 0.15) is 14.4 Å². The summed E-state index contributed by atoms with van der Waals surface area (Å²) in [6.45, 7) is 4.04. The fourth-order valence-electron chi connectivity index (χ4n) is 0. The minimum absolute atomic E-state index is 0.612. The van der Waals surface area contributed by atoms with Crippen molar-refractivity contribution in [3.8, 4) is 0 Å². The minimum Gasteiger partial charge on any atom is -0.143 e. The lowest BCUT2D eigenvalue weighted by Crippen LogP contribution is -1.93. The van der Waals surface area contributed by atoms with Gasteiger partial charge in [-0.15, -0.1) is 22.2 Å². The molecule has 0 N–H and O–H groups in total. The van der Waals surface area contributed by atoms with E-state index in [0.29, 0.717) is 0 Å². The largest absolute Gasteiger partial charge is 0.143 e. The molecule has 6 heavy (non-hydrogen) atoms. The van der Waals surface area contributed by atoms with E-state index in [1.165, 1.54) is 0 Å². The average Bonchev–Trinajstić information content (AvgIpc) is 1.36. The predicted molar refractivity (Wildman–Crippen MR) is 34.9 cm³/mol. The van der Waals surface area contributed by atoms with E-state index in [4.69, 9.17) is 22.2 Å². The predicted octanol–water partition coefficient (Wildman–Crippen LogP) is 1.78. The van der Waals surface area contributed by atoms with Crippen LogP contribution in [0.1, 0.15) is 0 Å². The summed E-state index contributed by atoms with van der Waals surface area (Å²) in [6, 6.07) is 0. The third-order valence-corrected chi connectivity index (χ3v) is 10.2. The lowest BCUT2D eigenvalue weighted by molar-refractivity contribution is 2.29. The molecule has 0 aromatic heterocycles. The first-order chi connectivity index (χ1) is 2.64. The Labute approximate surface area is 50.0 Å². The van der Waals surface area contributed by atoms with Gasteiger partial charge in [-0.1, -0.05) is 0 Å². The minimum atomic E-state index is -0.612. The lowest BCUT2D eigenvalue weighted by Gasteiger charge is -1.78. The van der Waals surface area contributed by atoms with E-state index in [9.17, 15) is 0 Å². The van der Waals surface area contributed by atoms with Gasteiger partial charge in [0.25, 0.3) is 0 Å². The number of hydrogen-bond acceptors (Lipinski definition) is 0. The van der Waals surface area contributed by atoms with Gasteiger partial charge < -0.3 is 0 Å². The topological polar surface area (TPSA) is 0 Å². The van der Waals surface area contributed by atoms with Crippen molar-refractivity contribution in [2.45, 2.75) is 13.1 Å². The van der Waals surface area contributed by atoms with E-state index >= 15 is 0 Å². The van der Waals surface area contributed by atoms with E-state index in [0.717, 1.165) is 0 Å². The van der Waals surface area contributed by atoms with Crippen LogP contribution in [0.3, 0.4) is 0 Å². The molecule has 0 heterocycles. The molecule has 0 radical (unpaired) electrons. The van der Waals surface area contributed by atoms with Crippen molar-refractivity contribution in [2.75, 3.05) is 0 Å². The van der Waals surface area contributed by atoms with Crippen LogP contribution >= 0.6 is 22.2 Å². The molecular weight excluding hydrogens is 151 g/mol. The Morgan fingerprint density at radius 3 is 1.17 bits per heavy atom. The van der Waals surface area contributed by atoms with E-state index < -0.39 is 14.4 Å². The molecule has 4 heteroatoms. The van der Waals surface area contributed by atoms with Gasteiger partial charge in [-0.2, -0.15) is 0 Å². The summed E-state index contributed by atoms with van der Waals surface area (Å²) in [5, 5.41) is 0. The molecule has 0 bridgehead atoms.